The van der Waals surface area contributed by atoms with Crippen LogP contribution in [0.1, 0.15) is 15.9 Å². The van der Waals surface area contributed by atoms with E-state index in [4.69, 9.17) is 13.6 Å². The molecule has 9 nitrogen and oxygen atoms in total. The Hall–Kier alpha value is -4.83. The van der Waals surface area contributed by atoms with E-state index in [2.05, 4.69) is 20.3 Å². The summed E-state index contributed by atoms with van der Waals surface area (Å²) in [5, 5.41) is 3.12. The van der Waals surface area contributed by atoms with Crippen molar-refractivity contribution in [3.05, 3.63) is 84.3 Å². The predicted molar refractivity (Wildman–Crippen MR) is 138 cm³/mol. The first-order valence-corrected chi connectivity index (χ1v) is 12.1. The van der Waals surface area contributed by atoms with Gasteiger partial charge in [0.05, 0.1) is 39.3 Å². The molecule has 4 aromatic heterocycles. The van der Waals surface area contributed by atoms with Gasteiger partial charge in [-0.25, -0.2) is 19.7 Å². The lowest BCUT2D eigenvalue weighted by Gasteiger charge is -2.08. The van der Waals surface area contributed by atoms with Crippen LogP contribution in [0.4, 0.5) is 5.13 Å². The van der Waals surface area contributed by atoms with Crippen molar-refractivity contribution in [2.24, 2.45) is 0 Å². The average Bonchev–Trinajstić information content (AvgIpc) is 3.68. The number of hydrogen-bond acceptors (Lipinski definition) is 9. The number of fused-ring (bicyclic) bond motifs is 2. The number of benzene rings is 2. The molecule has 0 unspecified atom stereocenters. The van der Waals surface area contributed by atoms with Gasteiger partial charge in [0.15, 0.2) is 23.3 Å². The SMILES string of the molecule is Cc1ccc2nc(NC(=O)COC(=O)c3ccc4nc(-c5ccco5)c(-c5ccco5)nc4c3)sc2c1. The molecule has 10 heteroatoms. The Morgan fingerprint density at radius 1 is 0.865 bits per heavy atom. The number of aromatic nitrogens is 3. The van der Waals surface area contributed by atoms with Gasteiger partial charge in [0.1, 0.15) is 11.4 Å². The summed E-state index contributed by atoms with van der Waals surface area (Å²) in [5.74, 6) is -0.0876. The molecule has 0 spiro atoms. The fourth-order valence-corrected chi connectivity index (χ4v) is 4.79. The number of furan rings is 2. The highest BCUT2D eigenvalue weighted by Gasteiger charge is 2.19. The van der Waals surface area contributed by atoms with Crippen molar-refractivity contribution in [1.29, 1.82) is 0 Å². The highest BCUT2D eigenvalue weighted by atomic mass is 32.1. The van der Waals surface area contributed by atoms with Crippen LogP contribution in [0.5, 0.6) is 0 Å². The van der Waals surface area contributed by atoms with Crippen LogP contribution in [0, 0.1) is 6.92 Å². The fraction of sp³-hybridized carbons (Fsp3) is 0.0741. The van der Waals surface area contributed by atoms with Gasteiger partial charge in [-0.2, -0.15) is 0 Å². The van der Waals surface area contributed by atoms with Crippen LogP contribution >= 0.6 is 11.3 Å². The second-order valence-corrected chi connectivity index (χ2v) is 9.22. The molecule has 37 heavy (non-hydrogen) atoms. The maximum atomic E-state index is 12.7. The number of thiazole rings is 1. The van der Waals surface area contributed by atoms with Crippen molar-refractivity contribution in [3.63, 3.8) is 0 Å². The van der Waals surface area contributed by atoms with E-state index in [1.165, 1.54) is 11.3 Å². The lowest BCUT2D eigenvalue weighted by atomic mass is 10.1. The first kappa shape index (κ1) is 22.6. The number of amides is 1. The van der Waals surface area contributed by atoms with E-state index in [1.54, 1.807) is 55.0 Å². The van der Waals surface area contributed by atoms with E-state index in [0.29, 0.717) is 39.1 Å². The van der Waals surface area contributed by atoms with Gasteiger partial charge in [-0.15, -0.1) is 0 Å². The zero-order valence-corrected chi connectivity index (χ0v) is 20.2. The molecule has 6 aromatic rings. The molecular weight excluding hydrogens is 492 g/mol. The van der Waals surface area contributed by atoms with E-state index >= 15 is 0 Å². The zero-order valence-electron chi connectivity index (χ0n) is 19.4. The first-order chi connectivity index (χ1) is 18.0. The van der Waals surface area contributed by atoms with Gasteiger partial charge >= 0.3 is 5.97 Å². The molecule has 0 aliphatic carbocycles. The molecule has 1 N–H and O–H groups in total. The van der Waals surface area contributed by atoms with E-state index < -0.39 is 18.5 Å². The first-order valence-electron chi connectivity index (χ1n) is 11.3. The monoisotopic (exact) mass is 510 g/mol. The summed E-state index contributed by atoms with van der Waals surface area (Å²) < 4.78 is 17.3. The largest absolute Gasteiger partial charge is 0.463 e. The molecule has 4 heterocycles. The van der Waals surface area contributed by atoms with Crippen LogP contribution in [0.3, 0.4) is 0 Å². The number of carbonyl (C=O) groups is 2. The summed E-state index contributed by atoms with van der Waals surface area (Å²) in [5.41, 5.74) is 4.15. The number of carbonyl (C=O) groups excluding carboxylic acids is 2. The normalized spacial score (nSPS) is 11.2. The molecule has 0 aliphatic heterocycles. The van der Waals surface area contributed by atoms with Gasteiger partial charge in [-0.1, -0.05) is 17.4 Å². The highest BCUT2D eigenvalue weighted by Crippen LogP contribution is 2.32. The minimum absolute atomic E-state index is 0.237. The summed E-state index contributed by atoms with van der Waals surface area (Å²) in [6.07, 6.45) is 3.10. The van der Waals surface area contributed by atoms with Gasteiger partial charge in [-0.3, -0.25) is 10.1 Å². The van der Waals surface area contributed by atoms with E-state index in [0.717, 1.165) is 15.8 Å². The number of nitrogens with zero attached hydrogens (tertiary/aromatic N) is 3. The molecule has 0 bridgehead atoms. The number of anilines is 1. The second kappa shape index (κ2) is 9.32. The van der Waals surface area contributed by atoms with Crippen molar-refractivity contribution in [1.82, 2.24) is 15.0 Å². The number of nitrogens with one attached hydrogen (secondary N) is 1. The minimum atomic E-state index is -0.659. The van der Waals surface area contributed by atoms with Gasteiger partial charge in [0, 0.05) is 0 Å². The summed E-state index contributed by atoms with van der Waals surface area (Å²) in [7, 11) is 0. The molecule has 0 atom stereocenters. The molecule has 1 amide bonds. The molecular formula is C27H18N4O5S. The van der Waals surface area contributed by atoms with Crippen molar-refractivity contribution in [2.45, 2.75) is 6.92 Å². The Morgan fingerprint density at radius 3 is 2.27 bits per heavy atom. The number of esters is 1. The molecule has 0 fully saturated rings. The van der Waals surface area contributed by atoms with E-state index in [1.807, 2.05) is 25.1 Å². The van der Waals surface area contributed by atoms with Crippen molar-refractivity contribution in [2.75, 3.05) is 11.9 Å². The van der Waals surface area contributed by atoms with Gasteiger partial charge in [0.2, 0.25) is 0 Å². The van der Waals surface area contributed by atoms with E-state index in [9.17, 15) is 9.59 Å². The molecule has 182 valence electrons. The Kier molecular flexibility index (Phi) is 5.70. The molecule has 0 radical (unpaired) electrons. The summed E-state index contributed by atoms with van der Waals surface area (Å²) >= 11 is 1.36. The van der Waals surface area contributed by atoms with Crippen molar-refractivity contribution in [3.8, 4) is 22.9 Å². The van der Waals surface area contributed by atoms with Gasteiger partial charge in [-0.05, 0) is 67.1 Å². The molecule has 2 aromatic carbocycles. The third-order valence-electron chi connectivity index (χ3n) is 5.53. The average molecular weight is 511 g/mol. The van der Waals surface area contributed by atoms with Crippen LogP contribution in [0.15, 0.2) is 82.0 Å². The minimum Gasteiger partial charge on any atom is -0.463 e. The van der Waals surface area contributed by atoms with E-state index in [-0.39, 0.29) is 5.56 Å². The number of ether oxygens (including phenoxy) is 1. The molecule has 6 rings (SSSR count). The Bertz CT molecular complexity index is 1760. The second-order valence-electron chi connectivity index (χ2n) is 8.19. The molecule has 0 aliphatic rings. The fourth-order valence-electron chi connectivity index (χ4n) is 3.81. The summed E-state index contributed by atoms with van der Waals surface area (Å²) in [4.78, 5) is 38.8. The summed E-state index contributed by atoms with van der Waals surface area (Å²) in [6, 6.07) is 17.7. The quantitative estimate of drug-likeness (QED) is 0.277. The number of hydrogen-bond donors (Lipinski definition) is 1. The smallest absolute Gasteiger partial charge is 0.338 e. The molecule has 0 saturated carbocycles. The summed E-state index contributed by atoms with van der Waals surface area (Å²) in [6.45, 7) is 1.54. The van der Waals surface area contributed by atoms with Crippen LogP contribution < -0.4 is 5.32 Å². The highest BCUT2D eigenvalue weighted by molar-refractivity contribution is 7.22. The van der Waals surface area contributed by atoms with Gasteiger partial charge < -0.3 is 13.6 Å². The van der Waals surface area contributed by atoms with Crippen LogP contribution in [-0.2, 0) is 9.53 Å². The Morgan fingerprint density at radius 2 is 1.57 bits per heavy atom. The third kappa shape index (κ3) is 4.57. The maximum Gasteiger partial charge on any atom is 0.338 e. The number of aryl methyl sites for hydroxylation is 1. The van der Waals surface area contributed by atoms with Crippen LogP contribution in [-0.4, -0.2) is 33.4 Å². The topological polar surface area (TPSA) is 120 Å². The number of rotatable bonds is 6. The van der Waals surface area contributed by atoms with Gasteiger partial charge in [0.25, 0.3) is 5.91 Å². The standard InChI is InChI=1S/C27H18N4O5S/c1-15-6-8-18-22(12-15)37-27(30-18)31-23(32)14-36-26(33)16-7-9-17-19(13-16)29-25(21-5-3-11-35-21)24(28-17)20-4-2-10-34-20/h2-13H,14H2,1H3,(H,30,31,32). The molecule has 0 saturated heterocycles. The van der Waals surface area contributed by atoms with Crippen molar-refractivity contribution < 1.29 is 23.2 Å². The predicted octanol–water partition coefficient (Wildman–Crippen LogP) is 5.86. The third-order valence-corrected chi connectivity index (χ3v) is 6.47. The Labute approximate surface area is 213 Å². The zero-order chi connectivity index (χ0) is 25.4. The lowest BCUT2D eigenvalue weighted by molar-refractivity contribution is -0.119. The maximum absolute atomic E-state index is 12.7. The Balaban J connectivity index is 1.20. The van der Waals surface area contributed by atoms with Crippen LogP contribution in [0.2, 0.25) is 0 Å². The lowest BCUT2D eigenvalue weighted by Crippen LogP contribution is -2.20. The van der Waals surface area contributed by atoms with Crippen molar-refractivity contribution >= 4 is 49.6 Å². The van der Waals surface area contributed by atoms with Crippen LogP contribution in [0.25, 0.3) is 44.2 Å².